The van der Waals surface area contributed by atoms with Crippen molar-refractivity contribution in [3.63, 3.8) is 0 Å². The molecule has 0 saturated heterocycles. The van der Waals surface area contributed by atoms with E-state index >= 15 is 0 Å². The van der Waals surface area contributed by atoms with E-state index in [9.17, 15) is 13.2 Å². The van der Waals surface area contributed by atoms with Crippen LogP contribution in [0.5, 0.6) is 0 Å². The Bertz CT molecular complexity index is 888. The highest BCUT2D eigenvalue weighted by Gasteiger charge is 2.26. The van der Waals surface area contributed by atoms with Gasteiger partial charge in [0.25, 0.3) is 15.9 Å². The topological polar surface area (TPSA) is 66.9 Å². The van der Waals surface area contributed by atoms with Crippen LogP contribution in [0.2, 0.25) is 5.02 Å². The number of hydrogen-bond acceptors (Lipinski definition) is 4. The van der Waals surface area contributed by atoms with Crippen molar-refractivity contribution in [2.75, 3.05) is 25.6 Å². The molecule has 0 fully saturated rings. The van der Waals surface area contributed by atoms with Gasteiger partial charge in [0.2, 0.25) is 0 Å². The largest absolute Gasteiger partial charge is 0.308 e. The van der Waals surface area contributed by atoms with Gasteiger partial charge in [0.15, 0.2) is 0 Å². The minimum Gasteiger partial charge on any atom is -0.308 e. The number of halogens is 1. The fourth-order valence-corrected chi connectivity index (χ4v) is 3.97. The first-order chi connectivity index (χ1) is 12.8. The molecular formula is C19H23ClN2O4S. The van der Waals surface area contributed by atoms with Crippen LogP contribution in [0.1, 0.15) is 30.1 Å². The molecule has 0 heterocycles. The Labute approximate surface area is 165 Å². The third kappa shape index (κ3) is 4.87. The van der Waals surface area contributed by atoms with Gasteiger partial charge in [-0.25, -0.2) is 8.42 Å². The summed E-state index contributed by atoms with van der Waals surface area (Å²) in [4.78, 5) is 19.4. The quantitative estimate of drug-likeness (QED) is 0.617. The minimum atomic E-state index is -3.97. The van der Waals surface area contributed by atoms with Crippen molar-refractivity contribution in [1.29, 1.82) is 0 Å². The zero-order valence-corrected chi connectivity index (χ0v) is 17.1. The highest BCUT2D eigenvalue weighted by atomic mass is 35.5. The van der Waals surface area contributed by atoms with E-state index in [4.69, 9.17) is 16.4 Å². The number of hydrogen-bond donors (Lipinski definition) is 0. The predicted molar refractivity (Wildman–Crippen MR) is 106 cm³/mol. The van der Waals surface area contributed by atoms with Gasteiger partial charge in [0, 0.05) is 24.8 Å². The van der Waals surface area contributed by atoms with Crippen molar-refractivity contribution in [3.8, 4) is 0 Å². The second-order valence-corrected chi connectivity index (χ2v) is 8.20. The lowest BCUT2D eigenvalue weighted by atomic mass is 10.1. The number of carbonyl (C=O) groups excluding carboxylic acids is 1. The lowest BCUT2D eigenvalue weighted by Crippen LogP contribution is -2.32. The second kappa shape index (κ2) is 9.32. The van der Waals surface area contributed by atoms with E-state index in [-0.39, 0.29) is 21.4 Å². The molecule has 1 amide bonds. The Balaban J connectivity index is 2.46. The number of sulfonamides is 1. The molecule has 2 aromatic carbocycles. The summed E-state index contributed by atoms with van der Waals surface area (Å²) in [6, 6.07) is 13.5. The van der Waals surface area contributed by atoms with Crippen LogP contribution in [0.15, 0.2) is 53.4 Å². The van der Waals surface area contributed by atoms with Crippen molar-refractivity contribution >= 4 is 33.2 Å². The van der Waals surface area contributed by atoms with E-state index < -0.39 is 10.0 Å². The average molecular weight is 411 g/mol. The third-order valence-electron chi connectivity index (χ3n) is 4.10. The number of carbonyl (C=O) groups is 1. The first-order valence-corrected chi connectivity index (χ1v) is 10.3. The Morgan fingerprint density at radius 3 is 2.41 bits per heavy atom. The van der Waals surface area contributed by atoms with Gasteiger partial charge < -0.3 is 4.90 Å². The van der Waals surface area contributed by atoms with Gasteiger partial charge in [-0.3, -0.25) is 9.63 Å². The Hall–Kier alpha value is -1.93. The number of hydroxylamine groups is 1. The van der Waals surface area contributed by atoms with Gasteiger partial charge in [0.1, 0.15) is 4.90 Å². The van der Waals surface area contributed by atoms with Crippen LogP contribution in [-0.2, 0) is 14.9 Å². The molecule has 0 saturated carbocycles. The van der Waals surface area contributed by atoms with E-state index in [1.54, 1.807) is 4.90 Å². The molecule has 0 unspecified atom stereocenters. The molecule has 27 heavy (non-hydrogen) atoms. The molecule has 0 radical (unpaired) electrons. The monoisotopic (exact) mass is 410 g/mol. The molecule has 0 aliphatic carbocycles. The Kier molecular flexibility index (Phi) is 7.38. The summed E-state index contributed by atoms with van der Waals surface area (Å²) in [7, 11) is -1.47. The van der Waals surface area contributed by atoms with Crippen molar-refractivity contribution in [2.24, 2.45) is 0 Å². The average Bonchev–Trinajstić information content (AvgIpc) is 2.68. The molecule has 0 aromatic heterocycles. The molecule has 0 aliphatic heterocycles. The molecule has 8 heteroatoms. The van der Waals surface area contributed by atoms with Crippen LogP contribution in [0, 0.1) is 0 Å². The lowest BCUT2D eigenvalue weighted by Gasteiger charge is -2.23. The summed E-state index contributed by atoms with van der Waals surface area (Å²) < 4.78 is 25.8. The van der Waals surface area contributed by atoms with Gasteiger partial charge >= 0.3 is 0 Å². The van der Waals surface area contributed by atoms with E-state index in [1.165, 1.54) is 32.4 Å². The van der Waals surface area contributed by atoms with Crippen LogP contribution in [-0.4, -0.2) is 39.5 Å². The van der Waals surface area contributed by atoms with Gasteiger partial charge in [-0.05, 0) is 36.8 Å². The minimum absolute atomic E-state index is 0.0234. The van der Waals surface area contributed by atoms with Crippen molar-refractivity contribution < 1.29 is 18.0 Å². The summed E-state index contributed by atoms with van der Waals surface area (Å²) in [5, 5.41) is 0.0234. The number of unbranched alkanes of at least 4 members (excludes halogenated alkanes) is 1. The number of para-hydroxylation sites is 1. The van der Waals surface area contributed by atoms with E-state index in [2.05, 4.69) is 0 Å². The zero-order valence-electron chi connectivity index (χ0n) is 15.6. The Morgan fingerprint density at radius 2 is 1.81 bits per heavy atom. The number of anilines is 1. The SMILES string of the molecule is CCCCN(C(=O)c1ccc(Cl)c(S(=O)(=O)N(C)OC)c1)c1ccccc1. The van der Waals surface area contributed by atoms with Crippen LogP contribution < -0.4 is 4.90 Å². The van der Waals surface area contributed by atoms with Gasteiger partial charge in [-0.15, -0.1) is 0 Å². The molecule has 2 aromatic rings. The lowest BCUT2D eigenvalue weighted by molar-refractivity contribution is -0.0258. The number of benzene rings is 2. The van der Waals surface area contributed by atoms with Crippen LogP contribution >= 0.6 is 11.6 Å². The molecule has 0 N–H and O–H groups in total. The van der Waals surface area contributed by atoms with Crippen LogP contribution in [0.4, 0.5) is 5.69 Å². The van der Waals surface area contributed by atoms with E-state index in [0.717, 1.165) is 18.5 Å². The molecule has 0 bridgehead atoms. The maximum absolute atomic E-state index is 13.1. The van der Waals surface area contributed by atoms with Crippen LogP contribution in [0.3, 0.4) is 0 Å². The predicted octanol–water partition coefficient (Wildman–Crippen LogP) is 3.97. The van der Waals surface area contributed by atoms with E-state index in [0.29, 0.717) is 11.0 Å². The standard InChI is InChI=1S/C19H23ClN2O4S/c1-4-5-13-22(16-9-7-6-8-10-16)19(23)15-11-12-17(20)18(14-15)27(24,25)21(2)26-3/h6-12,14H,4-5,13H2,1-3H3. The fraction of sp³-hybridized carbons (Fsp3) is 0.316. The zero-order chi connectivity index (χ0) is 20.0. The first kappa shape index (κ1) is 21.4. The number of amides is 1. The normalized spacial score (nSPS) is 11.6. The van der Waals surface area contributed by atoms with Gasteiger partial charge in [0.05, 0.1) is 12.1 Å². The van der Waals surface area contributed by atoms with Crippen molar-refractivity contribution in [2.45, 2.75) is 24.7 Å². The third-order valence-corrected chi connectivity index (χ3v) is 6.26. The molecule has 0 aliphatic rings. The second-order valence-electron chi connectivity index (χ2n) is 5.89. The van der Waals surface area contributed by atoms with Gasteiger partial charge in [-0.2, -0.15) is 0 Å². The molecule has 0 atom stereocenters. The van der Waals surface area contributed by atoms with Gasteiger partial charge in [-0.1, -0.05) is 47.6 Å². The Morgan fingerprint density at radius 1 is 1.15 bits per heavy atom. The molecular weight excluding hydrogens is 388 g/mol. The molecule has 2 rings (SSSR count). The summed E-state index contributed by atoms with van der Waals surface area (Å²) in [6.45, 7) is 2.57. The molecule has 146 valence electrons. The van der Waals surface area contributed by atoms with Crippen LogP contribution in [0.25, 0.3) is 0 Å². The maximum Gasteiger partial charge on any atom is 0.266 e. The molecule has 0 spiro atoms. The van der Waals surface area contributed by atoms with E-state index in [1.807, 2.05) is 37.3 Å². The summed E-state index contributed by atoms with van der Waals surface area (Å²) >= 11 is 6.08. The highest BCUT2D eigenvalue weighted by molar-refractivity contribution is 7.89. The summed E-state index contributed by atoms with van der Waals surface area (Å²) in [5.41, 5.74) is 0.992. The van der Waals surface area contributed by atoms with Crippen molar-refractivity contribution in [3.05, 3.63) is 59.1 Å². The molecule has 6 nitrogen and oxygen atoms in total. The number of nitrogens with zero attached hydrogens (tertiary/aromatic N) is 2. The first-order valence-electron chi connectivity index (χ1n) is 8.52. The summed E-state index contributed by atoms with van der Waals surface area (Å²) in [6.07, 6.45) is 1.75. The number of rotatable bonds is 8. The summed E-state index contributed by atoms with van der Waals surface area (Å²) in [5.74, 6) is -0.289. The maximum atomic E-state index is 13.1. The highest BCUT2D eigenvalue weighted by Crippen LogP contribution is 2.27. The van der Waals surface area contributed by atoms with Crippen molar-refractivity contribution in [1.82, 2.24) is 4.47 Å². The fourth-order valence-electron chi connectivity index (χ4n) is 2.50. The smallest absolute Gasteiger partial charge is 0.266 e.